The third kappa shape index (κ3) is 4.50. The van der Waals surface area contributed by atoms with Crippen molar-refractivity contribution < 1.29 is 0 Å². The van der Waals surface area contributed by atoms with Gasteiger partial charge >= 0.3 is 0 Å². The van der Waals surface area contributed by atoms with Crippen LogP contribution in [0.3, 0.4) is 0 Å². The SMILES string of the molecule is CCNC(=NCC1(C2CC2)CCC1)NC(C)C(C)C.I. The van der Waals surface area contributed by atoms with Gasteiger partial charge in [-0.05, 0) is 56.8 Å². The van der Waals surface area contributed by atoms with Gasteiger partial charge in [0, 0.05) is 19.1 Å². The van der Waals surface area contributed by atoms with Gasteiger partial charge in [0.05, 0.1) is 0 Å². The molecular formula is C16H32IN3. The first-order chi connectivity index (χ1) is 9.07. The van der Waals surface area contributed by atoms with Crippen molar-refractivity contribution in [1.29, 1.82) is 0 Å². The van der Waals surface area contributed by atoms with Crippen LogP contribution in [0.5, 0.6) is 0 Å². The normalized spacial score (nSPS) is 22.8. The molecule has 0 heterocycles. The Hall–Kier alpha value is 0. The van der Waals surface area contributed by atoms with E-state index in [0.29, 0.717) is 17.4 Å². The van der Waals surface area contributed by atoms with Crippen LogP contribution in [0.1, 0.15) is 59.8 Å². The number of rotatable bonds is 6. The minimum absolute atomic E-state index is 0. The molecule has 0 saturated heterocycles. The monoisotopic (exact) mass is 393 g/mol. The van der Waals surface area contributed by atoms with Gasteiger partial charge in [0.1, 0.15) is 0 Å². The summed E-state index contributed by atoms with van der Waals surface area (Å²) in [6.45, 7) is 10.8. The quantitative estimate of drug-likeness (QED) is 0.409. The molecule has 20 heavy (non-hydrogen) atoms. The molecule has 0 bridgehead atoms. The summed E-state index contributed by atoms with van der Waals surface area (Å²) >= 11 is 0. The van der Waals surface area contributed by atoms with E-state index in [9.17, 15) is 0 Å². The molecule has 0 aromatic rings. The fourth-order valence-electron chi connectivity index (χ4n) is 2.96. The van der Waals surface area contributed by atoms with Crippen molar-refractivity contribution in [3.8, 4) is 0 Å². The molecular weight excluding hydrogens is 361 g/mol. The van der Waals surface area contributed by atoms with E-state index in [1.807, 2.05) is 0 Å². The van der Waals surface area contributed by atoms with Crippen molar-refractivity contribution in [2.45, 2.75) is 65.8 Å². The lowest BCUT2D eigenvalue weighted by atomic mass is 9.65. The molecule has 2 aliphatic carbocycles. The van der Waals surface area contributed by atoms with Gasteiger partial charge < -0.3 is 10.6 Å². The van der Waals surface area contributed by atoms with E-state index in [4.69, 9.17) is 4.99 Å². The average Bonchev–Trinajstić information content (AvgIpc) is 3.12. The van der Waals surface area contributed by atoms with Crippen LogP contribution >= 0.6 is 24.0 Å². The molecule has 2 aliphatic rings. The van der Waals surface area contributed by atoms with Crippen LogP contribution < -0.4 is 10.6 Å². The predicted octanol–water partition coefficient (Wildman–Crippen LogP) is 3.78. The molecule has 2 fully saturated rings. The van der Waals surface area contributed by atoms with E-state index in [-0.39, 0.29) is 24.0 Å². The van der Waals surface area contributed by atoms with E-state index in [1.165, 1.54) is 32.1 Å². The van der Waals surface area contributed by atoms with Crippen LogP contribution in [0.4, 0.5) is 0 Å². The number of nitrogens with one attached hydrogen (secondary N) is 2. The van der Waals surface area contributed by atoms with Gasteiger partial charge in [-0.25, -0.2) is 0 Å². The Morgan fingerprint density at radius 2 is 1.90 bits per heavy atom. The second-order valence-electron chi connectivity index (χ2n) is 6.86. The molecule has 118 valence electrons. The van der Waals surface area contributed by atoms with Gasteiger partial charge in [-0.15, -0.1) is 24.0 Å². The largest absolute Gasteiger partial charge is 0.357 e. The van der Waals surface area contributed by atoms with E-state index >= 15 is 0 Å². The number of hydrogen-bond acceptors (Lipinski definition) is 1. The van der Waals surface area contributed by atoms with E-state index in [1.54, 1.807) is 0 Å². The molecule has 2 N–H and O–H groups in total. The molecule has 1 unspecified atom stereocenters. The Kier molecular flexibility index (Phi) is 7.09. The summed E-state index contributed by atoms with van der Waals surface area (Å²) < 4.78 is 0. The molecule has 4 heteroatoms. The maximum absolute atomic E-state index is 4.89. The summed E-state index contributed by atoms with van der Waals surface area (Å²) in [7, 11) is 0. The number of halogens is 1. The molecule has 0 radical (unpaired) electrons. The van der Waals surface area contributed by atoms with Crippen molar-refractivity contribution in [2.75, 3.05) is 13.1 Å². The summed E-state index contributed by atoms with van der Waals surface area (Å²) in [5.74, 6) is 2.62. The lowest BCUT2D eigenvalue weighted by Crippen LogP contribution is -2.45. The zero-order chi connectivity index (χ0) is 13.9. The molecule has 1 atom stereocenters. The minimum atomic E-state index is 0. The van der Waals surface area contributed by atoms with Crippen LogP contribution in [0, 0.1) is 17.3 Å². The van der Waals surface area contributed by atoms with Gasteiger partial charge in [-0.1, -0.05) is 20.3 Å². The first kappa shape index (κ1) is 18.1. The fourth-order valence-corrected chi connectivity index (χ4v) is 2.96. The Balaban J connectivity index is 0.00000200. The summed E-state index contributed by atoms with van der Waals surface area (Å²) in [5, 5.41) is 6.92. The first-order valence-corrected chi connectivity index (χ1v) is 8.12. The second-order valence-corrected chi connectivity index (χ2v) is 6.86. The van der Waals surface area contributed by atoms with Gasteiger partial charge in [0.25, 0.3) is 0 Å². The Morgan fingerprint density at radius 3 is 2.30 bits per heavy atom. The van der Waals surface area contributed by atoms with Crippen LogP contribution in [0.25, 0.3) is 0 Å². The molecule has 3 nitrogen and oxygen atoms in total. The summed E-state index contributed by atoms with van der Waals surface area (Å²) in [4.78, 5) is 4.89. The highest BCUT2D eigenvalue weighted by Gasteiger charge is 2.48. The highest BCUT2D eigenvalue weighted by Crippen LogP contribution is 2.57. The van der Waals surface area contributed by atoms with Crippen molar-refractivity contribution >= 4 is 29.9 Å². The van der Waals surface area contributed by atoms with E-state index in [2.05, 4.69) is 38.3 Å². The standard InChI is InChI=1S/C16H31N3.HI/c1-5-17-15(19-13(4)12(2)3)18-11-16(9-6-10-16)14-7-8-14;/h12-14H,5-11H2,1-4H3,(H2,17,18,19);1H. The number of hydrogen-bond donors (Lipinski definition) is 2. The van der Waals surface area contributed by atoms with Crippen molar-refractivity contribution in [3.63, 3.8) is 0 Å². The number of guanidine groups is 1. The number of aliphatic imine (C=N–C) groups is 1. The van der Waals surface area contributed by atoms with Crippen molar-refractivity contribution in [2.24, 2.45) is 22.2 Å². The van der Waals surface area contributed by atoms with Gasteiger partial charge in [-0.3, -0.25) is 4.99 Å². The molecule has 0 aromatic heterocycles. The molecule has 0 amide bonds. The van der Waals surface area contributed by atoms with Crippen LogP contribution in [0.2, 0.25) is 0 Å². The number of nitrogens with zero attached hydrogens (tertiary/aromatic N) is 1. The van der Waals surface area contributed by atoms with E-state index < -0.39 is 0 Å². The predicted molar refractivity (Wildman–Crippen MR) is 97.8 cm³/mol. The van der Waals surface area contributed by atoms with Gasteiger partial charge in [0.2, 0.25) is 0 Å². The van der Waals surface area contributed by atoms with E-state index in [0.717, 1.165) is 25.0 Å². The average molecular weight is 393 g/mol. The highest BCUT2D eigenvalue weighted by atomic mass is 127. The summed E-state index contributed by atoms with van der Waals surface area (Å²) in [6.07, 6.45) is 7.11. The fraction of sp³-hybridized carbons (Fsp3) is 0.938. The Morgan fingerprint density at radius 1 is 1.25 bits per heavy atom. The first-order valence-electron chi connectivity index (χ1n) is 8.12. The third-order valence-corrected chi connectivity index (χ3v) is 5.05. The maximum atomic E-state index is 4.89. The minimum Gasteiger partial charge on any atom is -0.357 e. The van der Waals surface area contributed by atoms with Crippen molar-refractivity contribution in [3.05, 3.63) is 0 Å². The molecule has 2 rings (SSSR count). The van der Waals surface area contributed by atoms with Crippen molar-refractivity contribution in [1.82, 2.24) is 10.6 Å². The summed E-state index contributed by atoms with van der Waals surface area (Å²) in [5.41, 5.74) is 0.573. The molecule has 2 saturated carbocycles. The second kappa shape index (κ2) is 7.85. The summed E-state index contributed by atoms with van der Waals surface area (Å²) in [6, 6.07) is 0.469. The third-order valence-electron chi connectivity index (χ3n) is 5.05. The van der Waals surface area contributed by atoms with Crippen LogP contribution in [-0.2, 0) is 0 Å². The lowest BCUT2D eigenvalue weighted by Gasteiger charge is -2.41. The van der Waals surface area contributed by atoms with Crippen LogP contribution in [-0.4, -0.2) is 25.1 Å². The highest BCUT2D eigenvalue weighted by molar-refractivity contribution is 14.0. The van der Waals surface area contributed by atoms with Crippen LogP contribution in [0.15, 0.2) is 4.99 Å². The smallest absolute Gasteiger partial charge is 0.191 e. The molecule has 0 aromatic carbocycles. The topological polar surface area (TPSA) is 36.4 Å². The van der Waals surface area contributed by atoms with Gasteiger partial charge in [-0.2, -0.15) is 0 Å². The Labute approximate surface area is 141 Å². The zero-order valence-corrected chi connectivity index (χ0v) is 15.9. The molecule has 0 spiro atoms. The van der Waals surface area contributed by atoms with Gasteiger partial charge in [0.15, 0.2) is 5.96 Å². The maximum Gasteiger partial charge on any atom is 0.191 e. The Bertz CT molecular complexity index is 320. The molecule has 0 aliphatic heterocycles. The zero-order valence-electron chi connectivity index (χ0n) is 13.5. The lowest BCUT2D eigenvalue weighted by molar-refractivity contribution is 0.113.